The molecule has 1 aromatic rings. The monoisotopic (exact) mass is 480 g/mol. The van der Waals surface area contributed by atoms with Crippen molar-refractivity contribution in [2.24, 2.45) is 11.3 Å². The number of aliphatic hydroxyl groups excluding tert-OH is 4. The van der Waals surface area contributed by atoms with Crippen molar-refractivity contribution in [3.63, 3.8) is 0 Å². The molecule has 11 heteroatoms. The highest BCUT2D eigenvalue weighted by atomic mass is 16.8. The summed E-state index contributed by atoms with van der Waals surface area (Å²) in [6, 6.07) is 8.47. The van der Waals surface area contributed by atoms with E-state index in [1.807, 2.05) is 0 Å². The number of rotatable bonds is 6. The molecular formula is C23H28O11. The molecule has 186 valence electrons. The third kappa shape index (κ3) is 2.59. The molecule has 8 rings (SSSR count). The maximum Gasteiger partial charge on any atom is 0.338 e. The molecule has 0 spiro atoms. The Kier molecular flexibility index (Phi) is 4.81. The Bertz CT molecular complexity index is 988. The lowest BCUT2D eigenvalue weighted by molar-refractivity contribution is -0.424. The van der Waals surface area contributed by atoms with Crippen molar-refractivity contribution in [2.45, 2.75) is 73.8 Å². The van der Waals surface area contributed by atoms with E-state index in [9.17, 15) is 30.3 Å². The quantitative estimate of drug-likeness (QED) is 0.306. The van der Waals surface area contributed by atoms with Crippen LogP contribution in [0, 0.1) is 11.3 Å². The van der Waals surface area contributed by atoms with Crippen molar-refractivity contribution >= 4 is 5.97 Å². The lowest BCUT2D eigenvalue weighted by atomic mass is 9.41. The van der Waals surface area contributed by atoms with Gasteiger partial charge in [-0.15, -0.1) is 0 Å². The van der Waals surface area contributed by atoms with Gasteiger partial charge in [0.05, 0.1) is 17.6 Å². The number of hydrogen-bond donors (Lipinski definition) is 5. The molecule has 5 N–H and O–H groups in total. The average molecular weight is 480 g/mol. The SMILES string of the molecule is C[C@@]12C[C@@]3(O)O[C@H](O1)[C@]1(COC(=O)c4ccccc4)[C@@H]3C[C@]12OC1OC(CO)C(O)C(O)C1O. The molecule has 4 aliphatic heterocycles. The molecule has 7 aliphatic rings. The summed E-state index contributed by atoms with van der Waals surface area (Å²) >= 11 is 0. The summed E-state index contributed by atoms with van der Waals surface area (Å²) < 4.78 is 29.7. The van der Waals surface area contributed by atoms with E-state index < -0.39 is 77.9 Å². The fourth-order valence-corrected chi connectivity index (χ4v) is 6.87. The van der Waals surface area contributed by atoms with Crippen LogP contribution in [0.4, 0.5) is 0 Å². The standard InChI is InChI=1S/C23H28O11/c1-20-9-22(29)13-7-23(20,32-18-16(27)15(26)14(25)12(8-24)31-18)21(13,19(33-20)34-22)10-30-17(28)11-5-3-2-4-6-11/h2-6,12-16,18-19,24-27,29H,7-10H2,1H3/t12?,13-,14?,15?,16?,18?,19-,20-,21-,22+,23+/m0/s1. The van der Waals surface area contributed by atoms with Crippen LogP contribution in [0.5, 0.6) is 0 Å². The fourth-order valence-electron chi connectivity index (χ4n) is 6.87. The minimum Gasteiger partial charge on any atom is -0.461 e. The predicted molar refractivity (Wildman–Crippen MR) is 109 cm³/mol. The summed E-state index contributed by atoms with van der Waals surface area (Å²) in [6.45, 7) is 0.985. The number of carbonyl (C=O) groups is 1. The van der Waals surface area contributed by atoms with Crippen LogP contribution in [0.1, 0.15) is 30.1 Å². The molecule has 4 saturated heterocycles. The van der Waals surface area contributed by atoms with Gasteiger partial charge < -0.3 is 49.2 Å². The summed E-state index contributed by atoms with van der Waals surface area (Å²) in [7, 11) is 0. The van der Waals surface area contributed by atoms with Gasteiger partial charge >= 0.3 is 5.97 Å². The van der Waals surface area contributed by atoms with E-state index in [2.05, 4.69) is 0 Å². The topological polar surface area (TPSA) is 164 Å². The first-order valence-electron chi connectivity index (χ1n) is 11.4. The van der Waals surface area contributed by atoms with Crippen molar-refractivity contribution in [3.8, 4) is 0 Å². The van der Waals surface area contributed by atoms with Crippen molar-refractivity contribution in [1.29, 1.82) is 0 Å². The molecule has 34 heavy (non-hydrogen) atoms. The molecule has 11 atom stereocenters. The van der Waals surface area contributed by atoms with E-state index in [1.165, 1.54) is 0 Å². The molecule has 4 heterocycles. The summed E-state index contributed by atoms with van der Waals surface area (Å²) in [5, 5.41) is 51.7. The Labute approximate surface area is 194 Å². The normalized spacial score (nSPS) is 52.5. The number of hydrogen-bond acceptors (Lipinski definition) is 11. The molecule has 6 bridgehead atoms. The van der Waals surface area contributed by atoms with Gasteiger partial charge in [-0.25, -0.2) is 4.79 Å². The Balaban J connectivity index is 1.32. The Morgan fingerprint density at radius 3 is 2.56 bits per heavy atom. The highest BCUT2D eigenvalue weighted by Gasteiger charge is 2.94. The second-order valence-electron chi connectivity index (χ2n) is 10.2. The first kappa shape index (κ1) is 22.8. The minimum atomic E-state index is -1.61. The lowest BCUT2D eigenvalue weighted by Crippen LogP contribution is -2.80. The maximum atomic E-state index is 12.7. The Morgan fingerprint density at radius 1 is 1.12 bits per heavy atom. The summed E-state index contributed by atoms with van der Waals surface area (Å²) in [5.74, 6) is -2.49. The number of aliphatic hydroxyl groups is 5. The number of carbonyl (C=O) groups excluding carboxylic acids is 1. The first-order valence-corrected chi connectivity index (χ1v) is 11.4. The molecule has 11 nitrogen and oxygen atoms in total. The predicted octanol–water partition coefficient (Wildman–Crippen LogP) is -1.36. The Hall–Kier alpha value is -1.67. The van der Waals surface area contributed by atoms with Crippen LogP contribution in [-0.4, -0.2) is 98.7 Å². The Morgan fingerprint density at radius 2 is 1.85 bits per heavy atom. The van der Waals surface area contributed by atoms with Gasteiger partial charge in [0, 0.05) is 12.3 Å². The largest absolute Gasteiger partial charge is 0.461 e. The molecule has 0 aromatic heterocycles. The summed E-state index contributed by atoms with van der Waals surface area (Å²) in [4.78, 5) is 12.7. The second-order valence-corrected chi connectivity index (χ2v) is 10.2. The van der Waals surface area contributed by atoms with Gasteiger partial charge in [0.2, 0.25) is 0 Å². The number of esters is 1. The molecule has 3 saturated carbocycles. The van der Waals surface area contributed by atoms with Crippen LogP contribution in [-0.2, 0) is 23.7 Å². The van der Waals surface area contributed by atoms with Gasteiger partial charge in [-0.3, -0.25) is 0 Å². The highest BCUT2D eigenvalue weighted by Crippen LogP contribution is 2.81. The van der Waals surface area contributed by atoms with E-state index in [0.717, 1.165) is 0 Å². The van der Waals surface area contributed by atoms with Gasteiger partial charge in [-0.2, -0.15) is 0 Å². The van der Waals surface area contributed by atoms with Crippen LogP contribution in [0.2, 0.25) is 0 Å². The van der Waals surface area contributed by atoms with Crippen LogP contribution < -0.4 is 0 Å². The van der Waals surface area contributed by atoms with E-state index in [0.29, 0.717) is 5.56 Å². The zero-order chi connectivity index (χ0) is 24.1. The van der Waals surface area contributed by atoms with Gasteiger partial charge in [0.1, 0.15) is 42.2 Å². The van der Waals surface area contributed by atoms with Crippen molar-refractivity contribution in [3.05, 3.63) is 35.9 Å². The van der Waals surface area contributed by atoms with E-state index in [1.54, 1.807) is 37.3 Å². The van der Waals surface area contributed by atoms with Gasteiger partial charge in [-0.05, 0) is 25.5 Å². The van der Waals surface area contributed by atoms with Gasteiger partial charge in [-0.1, -0.05) is 18.2 Å². The highest BCUT2D eigenvalue weighted by molar-refractivity contribution is 5.89. The molecule has 0 amide bonds. The van der Waals surface area contributed by atoms with Crippen molar-refractivity contribution < 1.29 is 54.0 Å². The lowest BCUT2D eigenvalue weighted by Gasteiger charge is -2.67. The second kappa shape index (κ2) is 7.19. The van der Waals surface area contributed by atoms with Crippen LogP contribution >= 0.6 is 0 Å². The van der Waals surface area contributed by atoms with Gasteiger partial charge in [0.15, 0.2) is 18.4 Å². The van der Waals surface area contributed by atoms with Crippen molar-refractivity contribution in [2.75, 3.05) is 13.2 Å². The smallest absolute Gasteiger partial charge is 0.338 e. The van der Waals surface area contributed by atoms with E-state index in [4.69, 9.17) is 23.7 Å². The molecule has 5 unspecified atom stereocenters. The first-order chi connectivity index (χ1) is 16.1. The van der Waals surface area contributed by atoms with Crippen LogP contribution in [0.3, 0.4) is 0 Å². The van der Waals surface area contributed by atoms with Crippen LogP contribution in [0.25, 0.3) is 0 Å². The maximum absolute atomic E-state index is 12.7. The third-order valence-electron chi connectivity index (χ3n) is 8.57. The summed E-state index contributed by atoms with van der Waals surface area (Å²) in [6.07, 6.45) is -7.87. The van der Waals surface area contributed by atoms with E-state index in [-0.39, 0.29) is 19.4 Å². The third-order valence-corrected chi connectivity index (χ3v) is 8.57. The average Bonchev–Trinajstić information content (AvgIpc) is 3.00. The molecule has 0 radical (unpaired) electrons. The molecule has 1 aromatic carbocycles. The van der Waals surface area contributed by atoms with Crippen molar-refractivity contribution in [1.82, 2.24) is 0 Å². The number of ether oxygens (including phenoxy) is 5. The fraction of sp³-hybridized carbons (Fsp3) is 0.696. The number of benzene rings is 1. The zero-order valence-corrected chi connectivity index (χ0v) is 18.4. The molecule has 7 fully saturated rings. The van der Waals surface area contributed by atoms with Crippen LogP contribution in [0.15, 0.2) is 30.3 Å². The molecular weight excluding hydrogens is 452 g/mol. The molecule has 3 aliphatic carbocycles. The summed E-state index contributed by atoms with van der Waals surface area (Å²) in [5.41, 5.74) is -2.99. The van der Waals surface area contributed by atoms with Gasteiger partial charge in [0.25, 0.3) is 0 Å². The zero-order valence-electron chi connectivity index (χ0n) is 18.4. The van der Waals surface area contributed by atoms with E-state index >= 15 is 0 Å². The minimum absolute atomic E-state index is 0.0902.